The lowest BCUT2D eigenvalue weighted by atomic mass is 10.1. The molecule has 1 aliphatic rings. The number of carbonyl (C=O) groups is 1. The summed E-state index contributed by atoms with van der Waals surface area (Å²) in [6.07, 6.45) is 0. The molecule has 0 aromatic heterocycles. The molecule has 0 spiro atoms. The number of anilines is 2. The van der Waals surface area contributed by atoms with Crippen LogP contribution in [0.3, 0.4) is 0 Å². The summed E-state index contributed by atoms with van der Waals surface area (Å²) in [6.45, 7) is 6.23. The first-order chi connectivity index (χ1) is 8.47. The van der Waals surface area contributed by atoms with E-state index in [1.165, 1.54) is 0 Å². The van der Waals surface area contributed by atoms with E-state index < -0.39 is 5.91 Å². The molecule has 1 fully saturated rings. The quantitative estimate of drug-likeness (QED) is 0.798. The Hall–Kier alpha value is -1.36. The van der Waals surface area contributed by atoms with Crippen LogP contribution < -0.4 is 16.4 Å². The van der Waals surface area contributed by atoms with Crippen molar-refractivity contribution in [1.29, 1.82) is 0 Å². The lowest BCUT2D eigenvalue weighted by molar-refractivity contribution is 0.100. The fraction of sp³-hybridized carbons (Fsp3) is 0.462. The van der Waals surface area contributed by atoms with Gasteiger partial charge in [-0.2, -0.15) is 11.8 Å². The van der Waals surface area contributed by atoms with E-state index in [1.54, 1.807) is 12.1 Å². The summed E-state index contributed by atoms with van der Waals surface area (Å²) >= 11 is 1.97. The first kappa shape index (κ1) is 13.1. The summed E-state index contributed by atoms with van der Waals surface area (Å²) in [7, 11) is 0. The van der Waals surface area contributed by atoms with Crippen LogP contribution in [0.2, 0.25) is 0 Å². The van der Waals surface area contributed by atoms with E-state index in [9.17, 15) is 4.79 Å². The molecule has 18 heavy (non-hydrogen) atoms. The Kier molecular flexibility index (Phi) is 3.71. The lowest BCUT2D eigenvalue weighted by Gasteiger charge is -2.37. The highest BCUT2D eigenvalue weighted by molar-refractivity contribution is 8.00. The smallest absolute Gasteiger partial charge is 0.250 e. The highest BCUT2D eigenvalue weighted by Crippen LogP contribution is 2.31. The molecule has 1 aromatic carbocycles. The number of nitrogen functional groups attached to an aromatic ring is 1. The van der Waals surface area contributed by atoms with Crippen molar-refractivity contribution >= 4 is 29.0 Å². The summed E-state index contributed by atoms with van der Waals surface area (Å²) in [4.78, 5) is 13.7. The fourth-order valence-electron chi connectivity index (χ4n) is 2.39. The number of primary amides is 1. The summed E-state index contributed by atoms with van der Waals surface area (Å²) in [5.74, 6) is -0.400. The number of rotatable bonds is 2. The number of nitrogens with zero attached hydrogens (tertiary/aromatic N) is 1. The zero-order valence-corrected chi connectivity index (χ0v) is 11.5. The molecular weight excluding hydrogens is 246 g/mol. The molecule has 2 unspecified atom stereocenters. The predicted molar refractivity (Wildman–Crippen MR) is 78.1 cm³/mol. The molecule has 1 aromatic rings. The first-order valence-electron chi connectivity index (χ1n) is 6.07. The van der Waals surface area contributed by atoms with Gasteiger partial charge in [-0.05, 0) is 18.2 Å². The number of hydrogen-bond acceptors (Lipinski definition) is 4. The van der Waals surface area contributed by atoms with Gasteiger partial charge in [-0.15, -0.1) is 0 Å². The third-order valence-electron chi connectivity index (χ3n) is 3.05. The molecule has 0 radical (unpaired) electrons. The van der Waals surface area contributed by atoms with Gasteiger partial charge in [-0.1, -0.05) is 13.8 Å². The zero-order chi connectivity index (χ0) is 13.3. The average molecular weight is 265 g/mol. The maximum absolute atomic E-state index is 11.5. The molecule has 1 heterocycles. The van der Waals surface area contributed by atoms with E-state index in [-0.39, 0.29) is 0 Å². The molecule has 4 N–H and O–H groups in total. The molecule has 0 saturated carbocycles. The fourth-order valence-corrected chi connectivity index (χ4v) is 3.72. The zero-order valence-electron chi connectivity index (χ0n) is 10.7. The van der Waals surface area contributed by atoms with Gasteiger partial charge in [0.1, 0.15) is 0 Å². The van der Waals surface area contributed by atoms with Crippen LogP contribution in [0.25, 0.3) is 0 Å². The number of carbonyl (C=O) groups excluding carboxylic acids is 1. The Morgan fingerprint density at radius 1 is 1.33 bits per heavy atom. The minimum absolute atomic E-state index is 0.400. The second-order valence-electron chi connectivity index (χ2n) is 4.80. The summed E-state index contributed by atoms with van der Waals surface area (Å²) in [5, 5.41) is 1.08. The molecule has 1 amide bonds. The molecule has 1 saturated heterocycles. The van der Waals surface area contributed by atoms with Gasteiger partial charge in [0.25, 0.3) is 5.91 Å². The number of benzene rings is 1. The number of nitrogens with two attached hydrogens (primary N) is 2. The van der Waals surface area contributed by atoms with Gasteiger partial charge < -0.3 is 16.4 Å². The Morgan fingerprint density at radius 3 is 2.50 bits per heavy atom. The van der Waals surface area contributed by atoms with E-state index in [2.05, 4.69) is 18.7 Å². The standard InChI is InChI=1S/C13H19N3OS/c1-8-6-16(7-9(2)18-8)12-5-10(14)3-4-11(12)13(15)17/h3-5,8-9H,6-7,14H2,1-2H3,(H2,15,17). The molecule has 4 nitrogen and oxygen atoms in total. The van der Waals surface area contributed by atoms with Crippen molar-refractivity contribution in [3.8, 4) is 0 Å². The van der Waals surface area contributed by atoms with Crippen molar-refractivity contribution < 1.29 is 4.79 Å². The van der Waals surface area contributed by atoms with Gasteiger partial charge in [-0.25, -0.2) is 0 Å². The van der Waals surface area contributed by atoms with Crippen molar-refractivity contribution in [2.24, 2.45) is 5.73 Å². The lowest BCUT2D eigenvalue weighted by Crippen LogP contribution is -2.41. The highest BCUT2D eigenvalue weighted by atomic mass is 32.2. The van der Waals surface area contributed by atoms with Crippen LogP contribution in [0.15, 0.2) is 18.2 Å². The van der Waals surface area contributed by atoms with Crippen molar-refractivity contribution in [3.63, 3.8) is 0 Å². The Morgan fingerprint density at radius 2 is 1.94 bits per heavy atom. The molecule has 2 atom stereocenters. The summed E-state index contributed by atoms with van der Waals surface area (Å²) < 4.78 is 0. The van der Waals surface area contributed by atoms with Crippen molar-refractivity contribution in [2.45, 2.75) is 24.3 Å². The first-order valence-corrected chi connectivity index (χ1v) is 7.01. The van der Waals surface area contributed by atoms with Crippen LogP contribution >= 0.6 is 11.8 Å². The average Bonchev–Trinajstić information content (AvgIpc) is 2.27. The number of thioether (sulfide) groups is 1. The molecule has 1 aliphatic heterocycles. The van der Waals surface area contributed by atoms with E-state index in [0.717, 1.165) is 18.8 Å². The van der Waals surface area contributed by atoms with Gasteiger partial charge in [0.05, 0.1) is 11.3 Å². The Bertz CT molecular complexity index is 454. The third-order valence-corrected chi connectivity index (χ3v) is 4.27. The minimum atomic E-state index is -0.400. The van der Waals surface area contributed by atoms with Crippen LogP contribution in [0, 0.1) is 0 Å². The van der Waals surface area contributed by atoms with E-state index in [4.69, 9.17) is 11.5 Å². The second kappa shape index (κ2) is 5.10. The third kappa shape index (κ3) is 2.72. The van der Waals surface area contributed by atoms with E-state index in [0.29, 0.717) is 21.8 Å². The van der Waals surface area contributed by atoms with Crippen LogP contribution in [0.5, 0.6) is 0 Å². The largest absolute Gasteiger partial charge is 0.399 e. The van der Waals surface area contributed by atoms with Gasteiger partial charge in [-0.3, -0.25) is 4.79 Å². The van der Waals surface area contributed by atoms with Gasteiger partial charge in [0.2, 0.25) is 0 Å². The maximum atomic E-state index is 11.5. The summed E-state index contributed by atoms with van der Waals surface area (Å²) in [5.41, 5.74) is 13.3. The van der Waals surface area contributed by atoms with Gasteiger partial charge >= 0.3 is 0 Å². The topological polar surface area (TPSA) is 72.3 Å². The normalized spacial score (nSPS) is 24.0. The van der Waals surface area contributed by atoms with Crippen molar-refractivity contribution in [3.05, 3.63) is 23.8 Å². The summed E-state index contributed by atoms with van der Waals surface area (Å²) in [6, 6.07) is 5.27. The van der Waals surface area contributed by atoms with Crippen LogP contribution in [0.4, 0.5) is 11.4 Å². The Balaban J connectivity index is 2.36. The van der Waals surface area contributed by atoms with Gasteiger partial charge in [0.15, 0.2) is 0 Å². The highest BCUT2D eigenvalue weighted by Gasteiger charge is 2.25. The maximum Gasteiger partial charge on any atom is 0.250 e. The van der Waals surface area contributed by atoms with Gasteiger partial charge in [0, 0.05) is 29.3 Å². The number of hydrogen-bond donors (Lipinski definition) is 2. The molecule has 2 rings (SSSR count). The van der Waals surface area contributed by atoms with Crippen LogP contribution in [0.1, 0.15) is 24.2 Å². The number of amides is 1. The minimum Gasteiger partial charge on any atom is -0.399 e. The molecule has 0 bridgehead atoms. The Labute approximate surface area is 112 Å². The van der Waals surface area contributed by atoms with E-state index >= 15 is 0 Å². The molecule has 5 heteroatoms. The predicted octanol–water partition coefficient (Wildman–Crippen LogP) is 1.70. The van der Waals surface area contributed by atoms with Crippen LogP contribution in [-0.2, 0) is 0 Å². The van der Waals surface area contributed by atoms with E-state index in [1.807, 2.05) is 17.8 Å². The SMILES string of the molecule is CC1CN(c2cc(N)ccc2C(N)=O)CC(C)S1. The van der Waals surface area contributed by atoms with Crippen LogP contribution in [-0.4, -0.2) is 29.5 Å². The van der Waals surface area contributed by atoms with Crippen molar-refractivity contribution in [2.75, 3.05) is 23.7 Å². The second-order valence-corrected chi connectivity index (χ2v) is 6.68. The molecule has 98 valence electrons. The van der Waals surface area contributed by atoms with Crippen molar-refractivity contribution in [1.82, 2.24) is 0 Å². The monoisotopic (exact) mass is 265 g/mol. The molecular formula is C13H19N3OS. The molecule has 0 aliphatic carbocycles.